The zero-order valence-corrected chi connectivity index (χ0v) is 10.8. The van der Waals surface area contributed by atoms with Crippen LogP contribution in [0.5, 0.6) is 0 Å². The number of nitrogens with two attached hydrogens (primary N) is 1. The molecule has 0 aliphatic heterocycles. The highest BCUT2D eigenvalue weighted by atomic mass is 16.2. The number of hydrogen-bond acceptors (Lipinski definition) is 4. The van der Waals surface area contributed by atoms with E-state index in [1.165, 1.54) is 0 Å². The van der Waals surface area contributed by atoms with E-state index in [-0.39, 0.29) is 5.91 Å². The summed E-state index contributed by atoms with van der Waals surface area (Å²) in [6, 6.07) is 9.13. The van der Waals surface area contributed by atoms with Crippen LogP contribution in [0, 0.1) is 0 Å². The lowest BCUT2D eigenvalue weighted by Gasteiger charge is -2.11. The first-order valence-electron chi connectivity index (χ1n) is 6.07. The Morgan fingerprint density at radius 3 is 2.79 bits per heavy atom. The van der Waals surface area contributed by atoms with E-state index in [0.29, 0.717) is 18.8 Å². The third-order valence-corrected chi connectivity index (χ3v) is 2.70. The Labute approximate surface area is 111 Å². The minimum Gasteiger partial charge on any atom is -0.347 e. The molecule has 0 aliphatic rings. The Morgan fingerprint density at radius 2 is 2.16 bits per heavy atom. The molecule has 2 rings (SSSR count). The fourth-order valence-corrected chi connectivity index (χ4v) is 1.72. The predicted molar refractivity (Wildman–Crippen MR) is 71.0 cm³/mol. The number of rotatable bonds is 5. The quantitative estimate of drug-likeness (QED) is 0.791. The van der Waals surface area contributed by atoms with Crippen LogP contribution in [0.4, 0.5) is 0 Å². The van der Waals surface area contributed by atoms with Crippen LogP contribution in [0.25, 0.3) is 0 Å². The summed E-state index contributed by atoms with van der Waals surface area (Å²) in [5.74, 6) is 0.374. The molecule has 0 aliphatic carbocycles. The van der Waals surface area contributed by atoms with E-state index < -0.39 is 6.04 Å². The molecule has 0 saturated heterocycles. The molecule has 1 atom stereocenters. The lowest BCUT2D eigenvalue weighted by atomic mass is 10.1. The number of nitrogens with one attached hydrogen (secondary N) is 1. The van der Waals surface area contributed by atoms with Crippen LogP contribution in [-0.4, -0.2) is 26.7 Å². The first-order chi connectivity index (χ1) is 9.15. The number of amides is 1. The molecule has 1 heterocycles. The fraction of sp³-hybridized carbons (Fsp3) is 0.308. The van der Waals surface area contributed by atoms with E-state index >= 15 is 0 Å². The Hall–Kier alpha value is -2.21. The maximum absolute atomic E-state index is 11.8. The maximum Gasteiger partial charge on any atom is 0.237 e. The van der Waals surface area contributed by atoms with E-state index in [1.807, 2.05) is 30.3 Å². The van der Waals surface area contributed by atoms with Gasteiger partial charge in [-0.25, -0.2) is 4.98 Å². The van der Waals surface area contributed by atoms with Gasteiger partial charge in [-0.2, -0.15) is 5.10 Å². The summed E-state index contributed by atoms with van der Waals surface area (Å²) in [6.45, 7) is 0.294. The monoisotopic (exact) mass is 259 g/mol. The predicted octanol–water partition coefficient (Wildman–Crippen LogP) is 0.00130. The second-order valence-corrected chi connectivity index (χ2v) is 4.35. The standard InChI is InChI=1S/C13H17N5O/c1-18-9-16-12(17-18)8-15-13(19)11(14)7-10-5-3-2-4-6-10/h2-6,9,11H,7-8,14H2,1H3,(H,15,19)/t11-/m0/s1. The molecule has 2 aromatic rings. The van der Waals surface area contributed by atoms with Crippen LogP contribution in [0.15, 0.2) is 36.7 Å². The maximum atomic E-state index is 11.8. The average molecular weight is 259 g/mol. The second kappa shape index (κ2) is 6.10. The van der Waals surface area contributed by atoms with Crippen molar-refractivity contribution in [2.24, 2.45) is 12.8 Å². The first-order valence-corrected chi connectivity index (χ1v) is 6.07. The molecule has 0 unspecified atom stereocenters. The van der Waals surface area contributed by atoms with Crippen molar-refractivity contribution in [3.63, 3.8) is 0 Å². The van der Waals surface area contributed by atoms with Gasteiger partial charge in [0.1, 0.15) is 6.33 Å². The zero-order chi connectivity index (χ0) is 13.7. The molecule has 3 N–H and O–H groups in total. The average Bonchev–Trinajstić information content (AvgIpc) is 2.83. The number of hydrogen-bond donors (Lipinski definition) is 2. The van der Waals surface area contributed by atoms with Gasteiger partial charge in [-0.3, -0.25) is 9.48 Å². The van der Waals surface area contributed by atoms with Crippen LogP contribution >= 0.6 is 0 Å². The Kier molecular flexibility index (Phi) is 4.25. The minimum atomic E-state index is -0.564. The van der Waals surface area contributed by atoms with Crippen molar-refractivity contribution in [3.8, 4) is 0 Å². The molecule has 0 fully saturated rings. The van der Waals surface area contributed by atoms with E-state index in [9.17, 15) is 4.79 Å². The molecule has 0 radical (unpaired) electrons. The van der Waals surface area contributed by atoms with Crippen LogP contribution in [0.1, 0.15) is 11.4 Å². The lowest BCUT2D eigenvalue weighted by molar-refractivity contribution is -0.122. The first kappa shape index (κ1) is 13.2. The Balaban J connectivity index is 1.82. The largest absolute Gasteiger partial charge is 0.347 e. The number of aryl methyl sites for hydroxylation is 1. The summed E-state index contributed by atoms with van der Waals surface area (Å²) in [5, 5.41) is 6.81. The van der Waals surface area contributed by atoms with Gasteiger partial charge < -0.3 is 11.1 Å². The number of nitrogens with zero attached hydrogens (tertiary/aromatic N) is 3. The van der Waals surface area contributed by atoms with Crippen molar-refractivity contribution in [2.45, 2.75) is 19.0 Å². The van der Waals surface area contributed by atoms with Gasteiger partial charge in [0.2, 0.25) is 5.91 Å². The number of benzene rings is 1. The third kappa shape index (κ3) is 3.89. The summed E-state index contributed by atoms with van der Waals surface area (Å²) in [7, 11) is 1.78. The van der Waals surface area contributed by atoms with E-state index in [0.717, 1.165) is 5.56 Å². The molecule has 0 spiro atoms. The van der Waals surface area contributed by atoms with Gasteiger partial charge in [0.15, 0.2) is 5.82 Å². The van der Waals surface area contributed by atoms with Gasteiger partial charge in [0, 0.05) is 7.05 Å². The smallest absolute Gasteiger partial charge is 0.237 e. The van der Waals surface area contributed by atoms with Crippen molar-refractivity contribution >= 4 is 5.91 Å². The van der Waals surface area contributed by atoms with Crippen LogP contribution in [0.2, 0.25) is 0 Å². The number of carbonyl (C=O) groups is 1. The van der Waals surface area contributed by atoms with Crippen molar-refractivity contribution in [3.05, 3.63) is 48.0 Å². The van der Waals surface area contributed by atoms with Gasteiger partial charge in [0.05, 0.1) is 12.6 Å². The van der Waals surface area contributed by atoms with Gasteiger partial charge in [-0.05, 0) is 12.0 Å². The van der Waals surface area contributed by atoms with Crippen molar-refractivity contribution < 1.29 is 4.79 Å². The zero-order valence-electron chi connectivity index (χ0n) is 10.8. The van der Waals surface area contributed by atoms with Gasteiger partial charge in [-0.1, -0.05) is 30.3 Å². The molecule has 6 heteroatoms. The highest BCUT2D eigenvalue weighted by molar-refractivity contribution is 5.81. The van der Waals surface area contributed by atoms with Crippen molar-refractivity contribution in [1.29, 1.82) is 0 Å². The van der Waals surface area contributed by atoms with E-state index in [1.54, 1.807) is 18.1 Å². The lowest BCUT2D eigenvalue weighted by Crippen LogP contribution is -2.41. The number of aromatic nitrogens is 3. The van der Waals surface area contributed by atoms with Gasteiger partial charge >= 0.3 is 0 Å². The van der Waals surface area contributed by atoms with Crippen LogP contribution in [0.3, 0.4) is 0 Å². The summed E-state index contributed by atoms with van der Waals surface area (Å²) in [5.41, 5.74) is 6.90. The molecular weight excluding hydrogens is 242 g/mol. The molecule has 100 valence electrons. The third-order valence-electron chi connectivity index (χ3n) is 2.70. The van der Waals surface area contributed by atoms with Crippen LogP contribution in [-0.2, 0) is 24.8 Å². The normalized spacial score (nSPS) is 12.1. The molecule has 0 saturated carbocycles. The Bertz CT molecular complexity index is 537. The van der Waals surface area contributed by atoms with Gasteiger partial charge in [-0.15, -0.1) is 0 Å². The minimum absolute atomic E-state index is 0.198. The van der Waals surface area contributed by atoms with Crippen LogP contribution < -0.4 is 11.1 Å². The van der Waals surface area contributed by atoms with Crippen molar-refractivity contribution in [2.75, 3.05) is 0 Å². The molecule has 0 bridgehead atoms. The summed E-state index contributed by atoms with van der Waals surface area (Å²) >= 11 is 0. The highest BCUT2D eigenvalue weighted by Crippen LogP contribution is 2.02. The fourth-order valence-electron chi connectivity index (χ4n) is 1.72. The summed E-state index contributed by atoms with van der Waals surface area (Å²) < 4.78 is 1.59. The highest BCUT2D eigenvalue weighted by Gasteiger charge is 2.14. The Morgan fingerprint density at radius 1 is 1.42 bits per heavy atom. The molecular formula is C13H17N5O. The van der Waals surface area contributed by atoms with E-state index in [2.05, 4.69) is 15.4 Å². The molecule has 1 aromatic carbocycles. The molecule has 19 heavy (non-hydrogen) atoms. The van der Waals surface area contributed by atoms with E-state index in [4.69, 9.17) is 5.73 Å². The number of carbonyl (C=O) groups excluding carboxylic acids is 1. The molecule has 6 nitrogen and oxygen atoms in total. The molecule has 1 amide bonds. The topological polar surface area (TPSA) is 85.8 Å². The second-order valence-electron chi connectivity index (χ2n) is 4.35. The summed E-state index contributed by atoms with van der Waals surface area (Å²) in [4.78, 5) is 15.9. The van der Waals surface area contributed by atoms with Gasteiger partial charge in [0.25, 0.3) is 0 Å². The summed E-state index contributed by atoms with van der Waals surface area (Å²) in [6.07, 6.45) is 2.10. The molecule has 1 aromatic heterocycles. The van der Waals surface area contributed by atoms with Crippen molar-refractivity contribution in [1.82, 2.24) is 20.1 Å². The SMILES string of the molecule is Cn1cnc(CNC(=O)[C@@H](N)Cc2ccccc2)n1.